The summed E-state index contributed by atoms with van der Waals surface area (Å²) in [5, 5.41) is 0. The van der Waals surface area contributed by atoms with E-state index in [0.717, 1.165) is 30.6 Å². The van der Waals surface area contributed by atoms with Gasteiger partial charge in [0.05, 0.1) is 23.6 Å². The van der Waals surface area contributed by atoms with E-state index in [-0.39, 0.29) is 5.95 Å². The largest absolute Gasteiger partial charge is 0.494 e. The molecule has 0 radical (unpaired) electrons. The van der Waals surface area contributed by atoms with Gasteiger partial charge >= 0.3 is 0 Å². The van der Waals surface area contributed by atoms with E-state index in [0.29, 0.717) is 23.6 Å². The number of hydrogen-bond donors (Lipinski definition) is 3. The summed E-state index contributed by atoms with van der Waals surface area (Å²) in [6.45, 7) is 4.53. The fourth-order valence-electron chi connectivity index (χ4n) is 2.40. The van der Waals surface area contributed by atoms with E-state index in [9.17, 15) is 4.79 Å². The van der Waals surface area contributed by atoms with Crippen molar-refractivity contribution < 1.29 is 9.53 Å². The van der Waals surface area contributed by atoms with Gasteiger partial charge in [-0.2, -0.15) is 0 Å². The molecule has 1 amide bonds. The average molecular weight is 329 g/mol. The molecule has 0 aliphatic rings. The summed E-state index contributed by atoms with van der Waals surface area (Å²) in [5.74, 6) is 5.68. The third-order valence-electron chi connectivity index (χ3n) is 3.61. The maximum absolute atomic E-state index is 12.0. The van der Waals surface area contributed by atoms with Crippen LogP contribution in [0.5, 0.6) is 5.75 Å². The summed E-state index contributed by atoms with van der Waals surface area (Å²) in [5.41, 5.74) is 9.81. The summed E-state index contributed by atoms with van der Waals surface area (Å²) in [6.07, 6.45) is 3.33. The van der Waals surface area contributed by atoms with E-state index in [1.807, 2.05) is 24.3 Å². The first-order valence-corrected chi connectivity index (χ1v) is 7.95. The van der Waals surface area contributed by atoms with Crippen molar-refractivity contribution >= 4 is 11.9 Å². The molecule has 1 aromatic heterocycles. The molecule has 0 saturated carbocycles. The second-order valence-electron chi connectivity index (χ2n) is 5.44. The number of hydrogen-bond acceptors (Lipinski definition) is 6. The smallest absolute Gasteiger partial charge is 0.269 e. The molecule has 7 nitrogen and oxygen atoms in total. The lowest BCUT2D eigenvalue weighted by molar-refractivity contribution is 0.0953. The molecule has 7 heteroatoms. The van der Waals surface area contributed by atoms with Gasteiger partial charge < -0.3 is 10.5 Å². The van der Waals surface area contributed by atoms with Crippen LogP contribution in [-0.2, 0) is 0 Å². The fourth-order valence-corrected chi connectivity index (χ4v) is 2.40. The van der Waals surface area contributed by atoms with Crippen molar-refractivity contribution in [2.75, 3.05) is 12.3 Å². The number of carbonyl (C=O) groups is 1. The highest BCUT2D eigenvalue weighted by Crippen LogP contribution is 2.26. The number of nitrogens with one attached hydrogen (secondary N) is 1. The number of benzene rings is 1. The van der Waals surface area contributed by atoms with Crippen LogP contribution in [-0.4, -0.2) is 22.5 Å². The first kappa shape index (κ1) is 17.7. The number of anilines is 1. The van der Waals surface area contributed by atoms with E-state index < -0.39 is 5.91 Å². The molecule has 0 unspecified atom stereocenters. The zero-order chi connectivity index (χ0) is 17.5. The number of amides is 1. The normalized spacial score (nSPS) is 10.5. The molecule has 2 aromatic rings. The summed E-state index contributed by atoms with van der Waals surface area (Å²) < 4.78 is 5.69. The molecule has 1 aromatic carbocycles. The number of nitrogens with zero attached hydrogens (tertiary/aromatic N) is 2. The zero-order valence-corrected chi connectivity index (χ0v) is 14.0. The Hall–Kier alpha value is -2.67. The SMILES string of the molecule is CCCCCOc1ccc(-c2nc(N)nc(C)c2C(=O)NN)cc1. The second kappa shape index (κ2) is 8.26. The highest BCUT2D eigenvalue weighted by Gasteiger charge is 2.18. The molecule has 0 atom stereocenters. The Morgan fingerprint density at radius 1 is 1.21 bits per heavy atom. The van der Waals surface area contributed by atoms with E-state index in [1.165, 1.54) is 0 Å². The predicted molar refractivity (Wildman–Crippen MR) is 93.3 cm³/mol. The molecule has 2 rings (SSSR count). The van der Waals surface area contributed by atoms with Gasteiger partial charge in [0.15, 0.2) is 0 Å². The monoisotopic (exact) mass is 329 g/mol. The molecule has 0 aliphatic heterocycles. The number of rotatable bonds is 7. The molecule has 1 heterocycles. The van der Waals surface area contributed by atoms with Crippen molar-refractivity contribution in [3.05, 3.63) is 35.5 Å². The van der Waals surface area contributed by atoms with Crippen LogP contribution in [0.1, 0.15) is 42.2 Å². The van der Waals surface area contributed by atoms with E-state index >= 15 is 0 Å². The van der Waals surface area contributed by atoms with Gasteiger partial charge in [-0.05, 0) is 37.6 Å². The topological polar surface area (TPSA) is 116 Å². The van der Waals surface area contributed by atoms with Gasteiger partial charge in [-0.3, -0.25) is 10.2 Å². The minimum Gasteiger partial charge on any atom is -0.494 e. The number of aromatic nitrogens is 2. The molecule has 0 spiro atoms. The number of aryl methyl sites for hydroxylation is 1. The standard InChI is InChI=1S/C17H23N5O2/c1-3-4-5-10-24-13-8-6-12(7-9-13)15-14(16(23)22-19)11(2)20-17(18)21-15/h6-9H,3-5,10,19H2,1-2H3,(H,22,23)(H2,18,20,21). The maximum atomic E-state index is 12.0. The van der Waals surface area contributed by atoms with Crippen LogP contribution < -0.4 is 21.7 Å². The van der Waals surface area contributed by atoms with Gasteiger partial charge in [0, 0.05) is 5.56 Å². The van der Waals surface area contributed by atoms with Gasteiger partial charge in [0.25, 0.3) is 5.91 Å². The Morgan fingerprint density at radius 3 is 2.54 bits per heavy atom. The molecule has 24 heavy (non-hydrogen) atoms. The van der Waals surface area contributed by atoms with E-state index in [2.05, 4.69) is 22.3 Å². The Bertz CT molecular complexity index is 701. The van der Waals surface area contributed by atoms with Crippen LogP contribution in [0.15, 0.2) is 24.3 Å². The number of nitrogens with two attached hydrogens (primary N) is 2. The summed E-state index contributed by atoms with van der Waals surface area (Å²) in [7, 11) is 0. The van der Waals surface area contributed by atoms with Crippen LogP contribution in [0.2, 0.25) is 0 Å². The lowest BCUT2D eigenvalue weighted by Crippen LogP contribution is -2.31. The molecule has 0 fully saturated rings. The summed E-state index contributed by atoms with van der Waals surface area (Å²) in [4.78, 5) is 20.3. The lowest BCUT2D eigenvalue weighted by atomic mass is 10.0. The third kappa shape index (κ3) is 4.20. The minimum absolute atomic E-state index is 0.107. The van der Waals surface area contributed by atoms with Crippen LogP contribution in [0.25, 0.3) is 11.3 Å². The van der Waals surface area contributed by atoms with E-state index in [1.54, 1.807) is 6.92 Å². The third-order valence-corrected chi connectivity index (χ3v) is 3.61. The second-order valence-corrected chi connectivity index (χ2v) is 5.44. The first-order valence-electron chi connectivity index (χ1n) is 7.95. The number of nitrogen functional groups attached to an aromatic ring is 2. The van der Waals surface area contributed by atoms with Crippen molar-refractivity contribution in [2.45, 2.75) is 33.1 Å². The summed E-state index contributed by atoms with van der Waals surface area (Å²) in [6, 6.07) is 7.37. The molecular weight excluding hydrogens is 306 g/mol. The molecule has 0 saturated heterocycles. The quantitative estimate of drug-likeness (QED) is 0.310. The van der Waals surface area contributed by atoms with E-state index in [4.69, 9.17) is 16.3 Å². The number of unbranched alkanes of at least 4 members (excludes halogenated alkanes) is 2. The van der Waals surface area contributed by atoms with Gasteiger partial charge in [-0.25, -0.2) is 15.8 Å². The van der Waals surface area contributed by atoms with Gasteiger partial charge in [0.2, 0.25) is 5.95 Å². The Kier molecular flexibility index (Phi) is 6.08. The highest BCUT2D eigenvalue weighted by atomic mass is 16.5. The number of carbonyl (C=O) groups excluding carboxylic acids is 1. The van der Waals surface area contributed by atoms with Gasteiger partial charge in [0.1, 0.15) is 5.75 Å². The maximum Gasteiger partial charge on any atom is 0.269 e. The Morgan fingerprint density at radius 2 is 1.92 bits per heavy atom. The van der Waals surface area contributed by atoms with Crippen LogP contribution in [0.3, 0.4) is 0 Å². The van der Waals surface area contributed by atoms with Crippen LogP contribution in [0, 0.1) is 6.92 Å². The minimum atomic E-state index is -0.456. The Balaban J connectivity index is 2.26. The zero-order valence-electron chi connectivity index (χ0n) is 14.0. The van der Waals surface area contributed by atoms with Gasteiger partial charge in [-0.1, -0.05) is 19.8 Å². The fraction of sp³-hybridized carbons (Fsp3) is 0.353. The molecule has 5 N–H and O–H groups in total. The van der Waals surface area contributed by atoms with Crippen molar-refractivity contribution in [3.8, 4) is 17.0 Å². The van der Waals surface area contributed by atoms with Crippen molar-refractivity contribution in [1.29, 1.82) is 0 Å². The molecule has 0 aliphatic carbocycles. The van der Waals surface area contributed by atoms with Crippen LogP contribution >= 0.6 is 0 Å². The molecule has 128 valence electrons. The number of ether oxygens (including phenoxy) is 1. The highest BCUT2D eigenvalue weighted by molar-refractivity contribution is 6.00. The van der Waals surface area contributed by atoms with Gasteiger partial charge in [-0.15, -0.1) is 0 Å². The van der Waals surface area contributed by atoms with Crippen molar-refractivity contribution in [2.24, 2.45) is 5.84 Å². The van der Waals surface area contributed by atoms with Crippen molar-refractivity contribution in [3.63, 3.8) is 0 Å². The molecule has 0 bridgehead atoms. The summed E-state index contributed by atoms with van der Waals surface area (Å²) >= 11 is 0. The lowest BCUT2D eigenvalue weighted by Gasteiger charge is -2.12. The predicted octanol–water partition coefficient (Wildman–Crippen LogP) is 2.21. The first-order chi connectivity index (χ1) is 11.6. The Labute approximate surface area is 141 Å². The van der Waals surface area contributed by atoms with Crippen LogP contribution in [0.4, 0.5) is 5.95 Å². The van der Waals surface area contributed by atoms with Crippen molar-refractivity contribution in [1.82, 2.24) is 15.4 Å². The number of hydrazine groups is 1. The molecular formula is C17H23N5O2. The average Bonchev–Trinajstić information content (AvgIpc) is 2.58.